The van der Waals surface area contributed by atoms with Crippen LogP contribution in [0.15, 0.2) is 29.3 Å². The molecule has 1 fully saturated rings. The van der Waals surface area contributed by atoms with E-state index in [0.717, 1.165) is 51.0 Å². The molecule has 26 heavy (non-hydrogen) atoms. The fraction of sp³-hybridized carbons (Fsp3) is 0.632. The molecule has 2 N–H and O–H groups in total. The summed E-state index contributed by atoms with van der Waals surface area (Å²) in [5, 5.41) is 6.62. The van der Waals surface area contributed by atoms with Crippen LogP contribution in [0.25, 0.3) is 0 Å². The van der Waals surface area contributed by atoms with Crippen LogP contribution in [0.1, 0.15) is 20.3 Å². The number of hydrogen-bond donors (Lipinski definition) is 2. The number of guanidine groups is 1. The summed E-state index contributed by atoms with van der Waals surface area (Å²) in [5.74, 6) is 2.36. The monoisotopic (exact) mass is 476 g/mol. The van der Waals surface area contributed by atoms with Crippen molar-refractivity contribution in [2.75, 3.05) is 57.9 Å². The van der Waals surface area contributed by atoms with E-state index in [4.69, 9.17) is 14.5 Å². The summed E-state index contributed by atoms with van der Waals surface area (Å²) >= 11 is 0. The molecule has 2 rings (SSSR count). The third kappa shape index (κ3) is 7.57. The zero-order chi connectivity index (χ0) is 17.9. The minimum Gasteiger partial charge on any atom is -0.497 e. The molecule has 1 saturated heterocycles. The van der Waals surface area contributed by atoms with Crippen LogP contribution >= 0.6 is 24.0 Å². The van der Waals surface area contributed by atoms with Crippen molar-refractivity contribution in [3.05, 3.63) is 24.3 Å². The molecule has 0 radical (unpaired) electrons. The Morgan fingerprint density at radius 1 is 1.31 bits per heavy atom. The molecule has 0 bridgehead atoms. The standard InChI is InChI=1S/C19H32N4O2.HI/c1-4-20-19(21-10-12-25-5-2)22-14-16-9-11-23(15-16)17-7-6-8-18(13-17)24-3;/h6-8,13,16H,4-5,9-12,14-15H2,1-3H3,(H2,20,21,22);1H. The molecule has 1 aliphatic rings. The number of methoxy groups -OCH3 is 1. The minimum absolute atomic E-state index is 0. The molecule has 0 spiro atoms. The molecule has 148 valence electrons. The molecule has 6 nitrogen and oxygen atoms in total. The Hall–Kier alpha value is -1.22. The van der Waals surface area contributed by atoms with E-state index in [1.165, 1.54) is 12.1 Å². The summed E-state index contributed by atoms with van der Waals surface area (Å²) in [7, 11) is 1.71. The van der Waals surface area contributed by atoms with Crippen LogP contribution in [0.3, 0.4) is 0 Å². The third-order valence-electron chi connectivity index (χ3n) is 4.30. The molecule has 1 atom stereocenters. The Labute approximate surface area is 174 Å². The molecule has 1 unspecified atom stereocenters. The van der Waals surface area contributed by atoms with Crippen LogP contribution in [-0.4, -0.2) is 59.0 Å². The van der Waals surface area contributed by atoms with Crippen molar-refractivity contribution in [3.8, 4) is 5.75 Å². The van der Waals surface area contributed by atoms with Gasteiger partial charge in [-0.2, -0.15) is 0 Å². The zero-order valence-corrected chi connectivity index (χ0v) is 18.5. The lowest BCUT2D eigenvalue weighted by Gasteiger charge is -2.19. The Balaban J connectivity index is 0.00000338. The third-order valence-corrected chi connectivity index (χ3v) is 4.30. The van der Waals surface area contributed by atoms with Gasteiger partial charge in [0.2, 0.25) is 0 Å². The van der Waals surface area contributed by atoms with E-state index in [9.17, 15) is 0 Å². The van der Waals surface area contributed by atoms with Gasteiger partial charge in [-0.1, -0.05) is 6.07 Å². The smallest absolute Gasteiger partial charge is 0.191 e. The molecule has 0 amide bonds. The highest BCUT2D eigenvalue weighted by Gasteiger charge is 2.22. The van der Waals surface area contributed by atoms with Gasteiger partial charge in [0.1, 0.15) is 5.75 Å². The first kappa shape index (κ1) is 22.8. The number of aliphatic imine (C=N–C) groups is 1. The summed E-state index contributed by atoms with van der Waals surface area (Å²) in [6.07, 6.45) is 1.17. The molecule has 7 heteroatoms. The first-order chi connectivity index (χ1) is 12.3. The van der Waals surface area contributed by atoms with Gasteiger partial charge in [-0.15, -0.1) is 24.0 Å². The predicted octanol–water partition coefficient (Wildman–Crippen LogP) is 2.73. The van der Waals surface area contributed by atoms with Crippen LogP contribution in [0.5, 0.6) is 5.75 Å². The van der Waals surface area contributed by atoms with E-state index in [-0.39, 0.29) is 24.0 Å². The van der Waals surface area contributed by atoms with Crippen LogP contribution in [0.2, 0.25) is 0 Å². The van der Waals surface area contributed by atoms with E-state index in [1.54, 1.807) is 7.11 Å². The van der Waals surface area contributed by atoms with Crippen molar-refractivity contribution in [2.45, 2.75) is 20.3 Å². The van der Waals surface area contributed by atoms with E-state index >= 15 is 0 Å². The van der Waals surface area contributed by atoms with Gasteiger partial charge in [0.15, 0.2) is 5.96 Å². The average Bonchev–Trinajstić information content (AvgIpc) is 3.12. The largest absolute Gasteiger partial charge is 0.497 e. The molecule has 0 aliphatic carbocycles. The van der Waals surface area contributed by atoms with Gasteiger partial charge >= 0.3 is 0 Å². The van der Waals surface area contributed by atoms with E-state index in [2.05, 4.69) is 34.6 Å². The molecular weight excluding hydrogens is 443 g/mol. The van der Waals surface area contributed by atoms with Gasteiger partial charge < -0.3 is 25.0 Å². The lowest BCUT2D eigenvalue weighted by Crippen LogP contribution is -2.39. The molecule has 0 aromatic heterocycles. The average molecular weight is 476 g/mol. The second-order valence-electron chi connectivity index (χ2n) is 6.15. The van der Waals surface area contributed by atoms with Gasteiger partial charge in [0.25, 0.3) is 0 Å². The maximum atomic E-state index is 5.36. The van der Waals surface area contributed by atoms with Crippen LogP contribution in [-0.2, 0) is 4.74 Å². The number of anilines is 1. The van der Waals surface area contributed by atoms with Crippen LogP contribution in [0.4, 0.5) is 5.69 Å². The zero-order valence-electron chi connectivity index (χ0n) is 16.2. The second kappa shape index (κ2) is 13.0. The number of benzene rings is 1. The number of nitrogens with zero attached hydrogens (tertiary/aromatic N) is 2. The van der Waals surface area contributed by atoms with Gasteiger partial charge in [-0.05, 0) is 38.3 Å². The minimum atomic E-state index is 0. The summed E-state index contributed by atoms with van der Waals surface area (Å²) in [5.41, 5.74) is 1.23. The first-order valence-corrected chi connectivity index (χ1v) is 9.25. The fourth-order valence-corrected chi connectivity index (χ4v) is 2.97. The quantitative estimate of drug-likeness (QED) is 0.249. The second-order valence-corrected chi connectivity index (χ2v) is 6.15. The summed E-state index contributed by atoms with van der Waals surface area (Å²) < 4.78 is 10.7. The number of halogens is 1. The summed E-state index contributed by atoms with van der Waals surface area (Å²) in [6.45, 7) is 10.1. The highest BCUT2D eigenvalue weighted by atomic mass is 127. The lowest BCUT2D eigenvalue weighted by molar-refractivity contribution is 0.152. The van der Waals surface area contributed by atoms with Crippen molar-refractivity contribution in [1.29, 1.82) is 0 Å². The van der Waals surface area contributed by atoms with E-state index in [1.807, 2.05) is 19.1 Å². The van der Waals surface area contributed by atoms with Crippen LogP contribution < -0.4 is 20.3 Å². The Morgan fingerprint density at radius 3 is 2.88 bits per heavy atom. The highest BCUT2D eigenvalue weighted by Crippen LogP contribution is 2.26. The van der Waals surface area contributed by atoms with Crippen molar-refractivity contribution in [2.24, 2.45) is 10.9 Å². The number of nitrogens with one attached hydrogen (secondary N) is 2. The number of hydrogen-bond acceptors (Lipinski definition) is 4. The lowest BCUT2D eigenvalue weighted by atomic mass is 10.1. The molecular formula is C19H33IN4O2. The molecule has 1 aromatic carbocycles. The van der Waals surface area contributed by atoms with Crippen molar-refractivity contribution < 1.29 is 9.47 Å². The predicted molar refractivity (Wildman–Crippen MR) is 119 cm³/mol. The molecule has 1 aliphatic heterocycles. The number of ether oxygens (including phenoxy) is 2. The Bertz CT molecular complexity index is 542. The Kier molecular flexibility index (Phi) is 11.4. The fourth-order valence-electron chi connectivity index (χ4n) is 2.97. The van der Waals surface area contributed by atoms with E-state index in [0.29, 0.717) is 12.5 Å². The van der Waals surface area contributed by atoms with Gasteiger partial charge in [0.05, 0.1) is 13.7 Å². The number of rotatable bonds is 9. The SMILES string of the molecule is CCNC(=NCC1CCN(c2cccc(OC)c2)C1)NCCOCC.I. The molecule has 1 heterocycles. The van der Waals surface area contributed by atoms with Crippen molar-refractivity contribution >= 4 is 35.6 Å². The van der Waals surface area contributed by atoms with Gasteiger partial charge in [0, 0.05) is 51.1 Å². The van der Waals surface area contributed by atoms with Crippen molar-refractivity contribution in [3.63, 3.8) is 0 Å². The topological polar surface area (TPSA) is 58.1 Å². The van der Waals surface area contributed by atoms with Gasteiger partial charge in [-0.25, -0.2) is 0 Å². The molecule has 1 aromatic rings. The maximum Gasteiger partial charge on any atom is 0.191 e. The van der Waals surface area contributed by atoms with Crippen LogP contribution in [0, 0.1) is 5.92 Å². The maximum absolute atomic E-state index is 5.36. The highest BCUT2D eigenvalue weighted by molar-refractivity contribution is 14.0. The molecule has 0 saturated carbocycles. The summed E-state index contributed by atoms with van der Waals surface area (Å²) in [6, 6.07) is 8.28. The summed E-state index contributed by atoms with van der Waals surface area (Å²) in [4.78, 5) is 7.16. The first-order valence-electron chi connectivity index (χ1n) is 9.25. The van der Waals surface area contributed by atoms with E-state index < -0.39 is 0 Å². The van der Waals surface area contributed by atoms with Crippen molar-refractivity contribution in [1.82, 2.24) is 10.6 Å². The normalized spacial score (nSPS) is 17.0. The van der Waals surface area contributed by atoms with Gasteiger partial charge in [-0.3, -0.25) is 4.99 Å². The Morgan fingerprint density at radius 2 is 2.15 bits per heavy atom.